The quantitative estimate of drug-likeness (QED) is 0.843. The van der Waals surface area contributed by atoms with E-state index in [0.29, 0.717) is 17.9 Å². The molecule has 0 aliphatic carbocycles. The van der Waals surface area contributed by atoms with Crippen molar-refractivity contribution in [3.05, 3.63) is 30.0 Å². The van der Waals surface area contributed by atoms with Crippen LogP contribution < -0.4 is 5.32 Å². The first-order chi connectivity index (χ1) is 9.90. The van der Waals surface area contributed by atoms with Crippen LogP contribution in [0.25, 0.3) is 0 Å². The number of carbonyl (C=O) groups is 1. The smallest absolute Gasteiger partial charge is 0.295 e. The van der Waals surface area contributed by atoms with Crippen LogP contribution in [0.15, 0.2) is 23.4 Å². The highest BCUT2D eigenvalue weighted by atomic mass is 32.2. The van der Waals surface area contributed by atoms with Crippen molar-refractivity contribution >= 4 is 21.4 Å². The fraction of sp³-hybridized carbons (Fsp3) is 0.333. The molecule has 8 nitrogen and oxygen atoms in total. The Hall–Kier alpha value is -2.29. The molecule has 2 aromatic heterocycles. The second kappa shape index (κ2) is 6.00. The van der Waals surface area contributed by atoms with E-state index in [0.717, 1.165) is 12.7 Å². The van der Waals surface area contributed by atoms with Gasteiger partial charge in [-0.15, -0.1) is 5.10 Å². The molecule has 112 valence electrons. The van der Waals surface area contributed by atoms with Gasteiger partial charge in [0, 0.05) is 12.7 Å². The van der Waals surface area contributed by atoms with Crippen molar-refractivity contribution in [3.8, 4) is 0 Å². The molecule has 21 heavy (non-hydrogen) atoms. The molecule has 0 aliphatic rings. The van der Waals surface area contributed by atoms with E-state index < -0.39 is 15.7 Å². The first-order valence-corrected chi connectivity index (χ1v) is 8.18. The number of sulfone groups is 1. The van der Waals surface area contributed by atoms with Crippen molar-refractivity contribution in [2.24, 2.45) is 0 Å². The molecule has 0 saturated carbocycles. The number of carbonyl (C=O) groups excluding carboxylic acids is 1. The monoisotopic (exact) mass is 309 g/mol. The lowest BCUT2D eigenvalue weighted by Crippen LogP contribution is -2.14. The summed E-state index contributed by atoms with van der Waals surface area (Å²) in [5, 5.41) is 9.01. The van der Waals surface area contributed by atoms with E-state index in [1.807, 2.05) is 6.92 Å². The number of aromatic amines is 1. The number of anilines is 1. The second-order valence-electron chi connectivity index (χ2n) is 4.47. The molecule has 0 unspecified atom stereocenters. The molecule has 1 amide bonds. The molecule has 0 radical (unpaired) electrons. The number of aryl methyl sites for hydroxylation is 1. The van der Waals surface area contributed by atoms with Crippen LogP contribution in [0, 0.1) is 0 Å². The van der Waals surface area contributed by atoms with Gasteiger partial charge in [-0.3, -0.25) is 9.89 Å². The predicted molar refractivity (Wildman–Crippen MR) is 75.7 cm³/mol. The highest BCUT2D eigenvalue weighted by Gasteiger charge is 2.13. The minimum Gasteiger partial charge on any atom is -0.318 e. The Morgan fingerprint density at radius 1 is 1.38 bits per heavy atom. The van der Waals surface area contributed by atoms with Crippen molar-refractivity contribution in [1.29, 1.82) is 0 Å². The Morgan fingerprint density at radius 2 is 2.14 bits per heavy atom. The van der Waals surface area contributed by atoms with E-state index in [-0.39, 0.29) is 10.9 Å². The number of hydrogen-bond acceptors (Lipinski definition) is 6. The van der Waals surface area contributed by atoms with Crippen LogP contribution in [0.4, 0.5) is 5.69 Å². The summed E-state index contributed by atoms with van der Waals surface area (Å²) in [5.41, 5.74) is 0.370. The molecular weight excluding hydrogens is 294 g/mol. The summed E-state index contributed by atoms with van der Waals surface area (Å²) in [7, 11) is -3.36. The molecule has 0 aromatic carbocycles. The summed E-state index contributed by atoms with van der Waals surface area (Å²) in [4.78, 5) is 19.7. The Morgan fingerprint density at radius 3 is 2.71 bits per heavy atom. The number of H-pyrrole nitrogens is 1. The zero-order valence-corrected chi connectivity index (χ0v) is 12.4. The van der Waals surface area contributed by atoms with Crippen molar-refractivity contribution < 1.29 is 13.2 Å². The molecule has 0 atom stereocenters. The number of nitrogens with one attached hydrogen (secondary N) is 2. The van der Waals surface area contributed by atoms with E-state index in [9.17, 15) is 13.2 Å². The van der Waals surface area contributed by atoms with Gasteiger partial charge in [-0.05, 0) is 18.6 Å². The van der Waals surface area contributed by atoms with Crippen LogP contribution in [0.3, 0.4) is 0 Å². The molecule has 0 bridgehead atoms. The first kappa shape index (κ1) is 15.1. The first-order valence-electron chi connectivity index (χ1n) is 6.29. The minimum atomic E-state index is -3.36. The fourth-order valence-corrected chi connectivity index (χ4v) is 2.17. The Bertz CT molecular complexity index is 737. The lowest BCUT2D eigenvalue weighted by atomic mass is 10.3. The normalized spacial score (nSPS) is 11.3. The Labute approximate surface area is 121 Å². The van der Waals surface area contributed by atoms with Crippen LogP contribution >= 0.6 is 0 Å². The summed E-state index contributed by atoms with van der Waals surface area (Å²) in [6.07, 6.45) is 3.95. The van der Waals surface area contributed by atoms with Crippen molar-refractivity contribution in [3.63, 3.8) is 0 Å². The maximum atomic E-state index is 11.9. The number of aromatic nitrogens is 4. The van der Waals surface area contributed by atoms with Gasteiger partial charge in [0.25, 0.3) is 5.91 Å². The predicted octanol–water partition coefficient (Wildman–Crippen LogP) is 0.808. The third kappa shape index (κ3) is 3.85. The van der Waals surface area contributed by atoms with Gasteiger partial charge in [0.15, 0.2) is 14.9 Å². The number of amides is 1. The summed E-state index contributed by atoms with van der Waals surface area (Å²) in [6, 6.07) is 2.78. The molecule has 0 aliphatic heterocycles. The lowest BCUT2D eigenvalue weighted by molar-refractivity contribution is 0.101. The van der Waals surface area contributed by atoms with Crippen molar-refractivity contribution in [2.75, 3.05) is 11.6 Å². The molecular formula is C12H15N5O3S. The molecule has 0 fully saturated rings. The van der Waals surface area contributed by atoms with Crippen LogP contribution in [-0.2, 0) is 16.3 Å². The van der Waals surface area contributed by atoms with E-state index in [2.05, 4.69) is 25.5 Å². The molecule has 2 N–H and O–H groups in total. The van der Waals surface area contributed by atoms with Crippen molar-refractivity contribution in [1.82, 2.24) is 20.2 Å². The summed E-state index contributed by atoms with van der Waals surface area (Å²) in [5.74, 6) is 0.196. The number of pyridine rings is 1. The lowest BCUT2D eigenvalue weighted by Gasteiger charge is -2.02. The number of rotatable bonds is 5. The average Bonchev–Trinajstić information content (AvgIpc) is 2.87. The summed E-state index contributed by atoms with van der Waals surface area (Å²) >= 11 is 0. The standard InChI is InChI=1S/C12H15N5O3S/c1-3-4-9-15-11(17-16-9)12(18)14-8-5-6-10(13-7-8)21(2,19)20/h5-7H,3-4H2,1-2H3,(H,14,18)(H,15,16,17). The van der Waals surface area contributed by atoms with E-state index in [1.54, 1.807) is 0 Å². The van der Waals surface area contributed by atoms with Crippen LogP contribution in [-0.4, -0.2) is 40.7 Å². The molecule has 2 aromatic rings. The third-order valence-electron chi connectivity index (χ3n) is 2.60. The van der Waals surface area contributed by atoms with Crippen LogP contribution in [0.1, 0.15) is 29.8 Å². The van der Waals surface area contributed by atoms with Gasteiger partial charge in [0.1, 0.15) is 5.82 Å². The van der Waals surface area contributed by atoms with E-state index in [4.69, 9.17) is 0 Å². The molecule has 9 heteroatoms. The van der Waals surface area contributed by atoms with Gasteiger partial charge >= 0.3 is 0 Å². The van der Waals surface area contributed by atoms with Gasteiger partial charge in [0.2, 0.25) is 5.82 Å². The SMILES string of the molecule is CCCc1nc(C(=O)Nc2ccc(S(C)(=O)=O)nc2)n[nH]1. The number of nitrogens with zero attached hydrogens (tertiary/aromatic N) is 3. The van der Waals surface area contributed by atoms with E-state index >= 15 is 0 Å². The molecule has 0 spiro atoms. The third-order valence-corrected chi connectivity index (χ3v) is 3.60. The van der Waals surface area contributed by atoms with Crippen molar-refractivity contribution in [2.45, 2.75) is 24.8 Å². The Balaban J connectivity index is 2.08. The zero-order chi connectivity index (χ0) is 15.5. The van der Waals surface area contributed by atoms with Crippen LogP contribution in [0.2, 0.25) is 0 Å². The largest absolute Gasteiger partial charge is 0.318 e. The summed E-state index contributed by atoms with van der Waals surface area (Å²) < 4.78 is 22.6. The Kier molecular flexibility index (Phi) is 4.32. The average molecular weight is 309 g/mol. The molecule has 2 rings (SSSR count). The second-order valence-corrected chi connectivity index (χ2v) is 6.43. The van der Waals surface area contributed by atoms with Crippen LogP contribution in [0.5, 0.6) is 0 Å². The number of hydrogen-bond donors (Lipinski definition) is 2. The van der Waals surface area contributed by atoms with E-state index in [1.165, 1.54) is 18.3 Å². The molecule has 2 heterocycles. The van der Waals surface area contributed by atoms with Gasteiger partial charge < -0.3 is 5.32 Å². The maximum absolute atomic E-state index is 11.9. The highest BCUT2D eigenvalue weighted by molar-refractivity contribution is 7.90. The van der Waals surface area contributed by atoms with Gasteiger partial charge in [0.05, 0.1) is 11.9 Å². The summed E-state index contributed by atoms with van der Waals surface area (Å²) in [6.45, 7) is 2.00. The highest BCUT2D eigenvalue weighted by Crippen LogP contribution is 2.11. The molecule has 0 saturated heterocycles. The van der Waals surface area contributed by atoms with Gasteiger partial charge in [-0.25, -0.2) is 18.4 Å². The maximum Gasteiger partial charge on any atom is 0.295 e. The fourth-order valence-electron chi connectivity index (χ4n) is 1.61. The topological polar surface area (TPSA) is 118 Å². The van der Waals surface area contributed by atoms with Gasteiger partial charge in [-0.2, -0.15) is 0 Å². The minimum absolute atomic E-state index is 0.0330. The van der Waals surface area contributed by atoms with Gasteiger partial charge in [-0.1, -0.05) is 6.92 Å². The zero-order valence-electron chi connectivity index (χ0n) is 11.6.